The van der Waals surface area contributed by atoms with Gasteiger partial charge in [0.05, 0.1) is 16.4 Å². The Labute approximate surface area is 116 Å². The number of halogens is 1. The smallest absolute Gasteiger partial charge is 0.138 e. The van der Waals surface area contributed by atoms with Gasteiger partial charge in [0.15, 0.2) is 0 Å². The number of nitrogens with two attached hydrogens (primary N) is 1. The van der Waals surface area contributed by atoms with Crippen molar-refractivity contribution < 1.29 is 4.74 Å². The molecule has 2 aromatic rings. The van der Waals surface area contributed by atoms with Gasteiger partial charge in [-0.15, -0.1) is 0 Å². The van der Waals surface area contributed by atoms with E-state index in [2.05, 4.69) is 5.10 Å². The number of rotatable bonds is 4. The van der Waals surface area contributed by atoms with Gasteiger partial charge in [0.25, 0.3) is 0 Å². The lowest BCUT2D eigenvalue weighted by atomic mass is 10.2. The van der Waals surface area contributed by atoms with Crippen molar-refractivity contribution in [1.29, 1.82) is 5.41 Å². The van der Waals surface area contributed by atoms with Gasteiger partial charge in [0.2, 0.25) is 0 Å². The molecule has 0 saturated heterocycles. The molecule has 6 heteroatoms. The van der Waals surface area contributed by atoms with E-state index in [0.29, 0.717) is 22.9 Å². The Morgan fingerprint density at radius 2 is 2.21 bits per heavy atom. The zero-order valence-electron chi connectivity index (χ0n) is 10.8. The van der Waals surface area contributed by atoms with Crippen LogP contribution in [0.25, 0.3) is 0 Å². The summed E-state index contributed by atoms with van der Waals surface area (Å²) in [6.07, 6.45) is 0. The first-order valence-corrected chi connectivity index (χ1v) is 6.11. The lowest BCUT2D eigenvalue weighted by Crippen LogP contribution is -2.11. The van der Waals surface area contributed by atoms with Crippen LogP contribution in [0.1, 0.15) is 17.0 Å². The zero-order chi connectivity index (χ0) is 14.0. The minimum Gasteiger partial charge on any atom is -0.486 e. The maximum Gasteiger partial charge on any atom is 0.138 e. The van der Waals surface area contributed by atoms with Crippen molar-refractivity contribution in [2.45, 2.75) is 13.5 Å². The second-order valence-electron chi connectivity index (χ2n) is 4.25. The van der Waals surface area contributed by atoms with Crippen LogP contribution in [0.15, 0.2) is 24.3 Å². The molecule has 2 rings (SSSR count). The Morgan fingerprint density at radius 1 is 1.47 bits per heavy atom. The number of hydrogen-bond donors (Lipinski definition) is 2. The molecular formula is C13H15ClN4O. The Balaban J connectivity index is 2.12. The zero-order valence-corrected chi connectivity index (χ0v) is 11.5. The first kappa shape index (κ1) is 13.4. The van der Waals surface area contributed by atoms with Crippen LogP contribution < -0.4 is 10.5 Å². The van der Waals surface area contributed by atoms with Gasteiger partial charge in [-0.2, -0.15) is 5.10 Å². The van der Waals surface area contributed by atoms with Crippen molar-refractivity contribution in [3.05, 3.63) is 46.2 Å². The normalized spacial score (nSPS) is 10.5. The average Bonchev–Trinajstić information content (AvgIpc) is 2.66. The second-order valence-corrected chi connectivity index (χ2v) is 4.66. The lowest BCUT2D eigenvalue weighted by Gasteiger charge is -2.09. The number of aryl methyl sites for hydroxylation is 2. The van der Waals surface area contributed by atoms with Gasteiger partial charge in [-0.3, -0.25) is 10.1 Å². The summed E-state index contributed by atoms with van der Waals surface area (Å²) < 4.78 is 7.42. The SMILES string of the molecule is Cc1cc(COc2ccc(C(=N)N)cc2Cl)n(C)n1. The largest absolute Gasteiger partial charge is 0.486 e. The molecule has 1 heterocycles. The summed E-state index contributed by atoms with van der Waals surface area (Å²) >= 11 is 6.09. The first-order valence-electron chi connectivity index (χ1n) is 5.73. The fourth-order valence-corrected chi connectivity index (χ4v) is 1.97. The minimum absolute atomic E-state index is 0.0179. The molecule has 0 aliphatic carbocycles. The fourth-order valence-electron chi connectivity index (χ4n) is 1.74. The molecule has 0 aliphatic rings. The number of nitrogens with one attached hydrogen (secondary N) is 1. The van der Waals surface area contributed by atoms with Crippen molar-refractivity contribution in [3.8, 4) is 5.75 Å². The molecule has 0 bridgehead atoms. The number of benzene rings is 1. The van der Waals surface area contributed by atoms with E-state index < -0.39 is 0 Å². The molecule has 100 valence electrons. The Hall–Kier alpha value is -2.01. The van der Waals surface area contributed by atoms with Crippen molar-refractivity contribution >= 4 is 17.4 Å². The molecule has 0 spiro atoms. The predicted molar refractivity (Wildman–Crippen MR) is 74.7 cm³/mol. The average molecular weight is 279 g/mol. The summed E-state index contributed by atoms with van der Waals surface area (Å²) in [5.74, 6) is 0.543. The number of amidine groups is 1. The van der Waals surface area contributed by atoms with Crippen LogP contribution in [0, 0.1) is 12.3 Å². The predicted octanol–water partition coefficient (Wildman–Crippen LogP) is 2.24. The highest BCUT2D eigenvalue weighted by atomic mass is 35.5. The topological polar surface area (TPSA) is 76.9 Å². The van der Waals surface area contributed by atoms with E-state index in [1.165, 1.54) is 0 Å². The van der Waals surface area contributed by atoms with Crippen LogP contribution in [0.2, 0.25) is 5.02 Å². The summed E-state index contributed by atoms with van der Waals surface area (Å²) in [4.78, 5) is 0. The van der Waals surface area contributed by atoms with Gasteiger partial charge in [0.1, 0.15) is 18.2 Å². The van der Waals surface area contributed by atoms with E-state index in [9.17, 15) is 0 Å². The standard InChI is InChI=1S/C13H15ClN4O/c1-8-5-10(18(2)17-8)7-19-12-4-3-9(13(15)16)6-11(12)14/h3-6H,7H2,1-2H3,(H3,15,16). The van der Waals surface area contributed by atoms with Crippen LogP contribution >= 0.6 is 11.6 Å². The second kappa shape index (κ2) is 5.32. The fraction of sp³-hybridized carbons (Fsp3) is 0.231. The molecule has 19 heavy (non-hydrogen) atoms. The van der Waals surface area contributed by atoms with Gasteiger partial charge >= 0.3 is 0 Å². The van der Waals surface area contributed by atoms with Gasteiger partial charge in [0, 0.05) is 12.6 Å². The van der Waals surface area contributed by atoms with Crippen LogP contribution in [0.4, 0.5) is 0 Å². The molecule has 0 amide bonds. The molecule has 0 atom stereocenters. The Bertz CT molecular complexity index is 621. The maximum atomic E-state index is 7.34. The van der Waals surface area contributed by atoms with Crippen molar-refractivity contribution in [2.75, 3.05) is 0 Å². The monoisotopic (exact) mass is 278 g/mol. The molecule has 5 nitrogen and oxygen atoms in total. The highest BCUT2D eigenvalue weighted by Gasteiger charge is 2.07. The summed E-state index contributed by atoms with van der Waals surface area (Å²) in [6, 6.07) is 6.99. The first-order chi connectivity index (χ1) is 8.97. The van der Waals surface area contributed by atoms with E-state index in [1.54, 1.807) is 22.9 Å². The number of ether oxygens (including phenoxy) is 1. The van der Waals surface area contributed by atoms with Crippen LogP contribution in [0.5, 0.6) is 5.75 Å². The van der Waals surface area contributed by atoms with Gasteiger partial charge in [-0.05, 0) is 31.2 Å². The van der Waals surface area contributed by atoms with E-state index in [-0.39, 0.29) is 5.84 Å². The van der Waals surface area contributed by atoms with Crippen molar-refractivity contribution in [1.82, 2.24) is 9.78 Å². The molecule has 0 aliphatic heterocycles. The van der Waals surface area contributed by atoms with Crippen molar-refractivity contribution in [2.24, 2.45) is 12.8 Å². The summed E-state index contributed by atoms with van der Waals surface area (Å²) in [5, 5.41) is 12.0. The number of nitrogen functional groups attached to an aromatic ring is 1. The van der Waals surface area contributed by atoms with Gasteiger partial charge in [-0.1, -0.05) is 11.6 Å². The Morgan fingerprint density at radius 3 is 2.74 bits per heavy atom. The van der Waals surface area contributed by atoms with E-state index in [1.807, 2.05) is 20.0 Å². The van der Waals surface area contributed by atoms with Crippen LogP contribution in [-0.4, -0.2) is 15.6 Å². The molecule has 0 saturated carbocycles. The van der Waals surface area contributed by atoms with E-state index in [4.69, 9.17) is 27.5 Å². The molecule has 0 unspecified atom stereocenters. The van der Waals surface area contributed by atoms with Crippen LogP contribution in [-0.2, 0) is 13.7 Å². The molecule has 0 radical (unpaired) electrons. The highest BCUT2D eigenvalue weighted by Crippen LogP contribution is 2.26. The minimum atomic E-state index is -0.0179. The highest BCUT2D eigenvalue weighted by molar-refractivity contribution is 6.32. The van der Waals surface area contributed by atoms with Crippen LogP contribution in [0.3, 0.4) is 0 Å². The molecular weight excluding hydrogens is 264 g/mol. The summed E-state index contributed by atoms with van der Waals surface area (Å²) in [6.45, 7) is 2.31. The van der Waals surface area contributed by atoms with Crippen molar-refractivity contribution in [3.63, 3.8) is 0 Å². The molecule has 3 N–H and O–H groups in total. The summed E-state index contributed by atoms with van der Waals surface area (Å²) in [7, 11) is 1.87. The maximum absolute atomic E-state index is 7.34. The lowest BCUT2D eigenvalue weighted by molar-refractivity contribution is 0.295. The third kappa shape index (κ3) is 3.06. The van der Waals surface area contributed by atoms with Gasteiger partial charge < -0.3 is 10.5 Å². The summed E-state index contributed by atoms with van der Waals surface area (Å²) in [5.41, 5.74) is 7.88. The van der Waals surface area contributed by atoms with E-state index >= 15 is 0 Å². The third-order valence-corrected chi connectivity index (χ3v) is 3.01. The quantitative estimate of drug-likeness (QED) is 0.665. The Kier molecular flexibility index (Phi) is 3.76. The number of nitrogens with zero attached hydrogens (tertiary/aromatic N) is 2. The molecule has 1 aromatic heterocycles. The van der Waals surface area contributed by atoms with E-state index in [0.717, 1.165) is 11.4 Å². The number of aromatic nitrogens is 2. The van der Waals surface area contributed by atoms with Gasteiger partial charge in [-0.25, -0.2) is 0 Å². The molecule has 1 aromatic carbocycles. The number of hydrogen-bond acceptors (Lipinski definition) is 3. The third-order valence-electron chi connectivity index (χ3n) is 2.72. The molecule has 0 fully saturated rings.